The summed E-state index contributed by atoms with van der Waals surface area (Å²) in [5.41, 5.74) is 0. The molecule has 0 bridgehead atoms. The van der Waals surface area contributed by atoms with Crippen LogP contribution >= 0.6 is 21.5 Å². The minimum atomic E-state index is -4.19. The van der Waals surface area contributed by atoms with Gasteiger partial charge in [-0.3, -0.25) is 0 Å². The van der Waals surface area contributed by atoms with Crippen molar-refractivity contribution in [3.8, 4) is 0 Å². The molecule has 0 amide bonds. The predicted molar refractivity (Wildman–Crippen MR) is 195 cm³/mol. The molecule has 0 aliphatic carbocycles. The molecule has 0 saturated heterocycles. The summed E-state index contributed by atoms with van der Waals surface area (Å²) in [5.74, 6) is 0. The molecule has 0 fully saturated rings. The topological polar surface area (TPSA) is 55.8 Å². The van der Waals surface area contributed by atoms with Gasteiger partial charge in [0.15, 0.2) is 0 Å². The van der Waals surface area contributed by atoms with E-state index in [-0.39, 0.29) is 0 Å². The van der Waals surface area contributed by atoms with Gasteiger partial charge in [-0.2, -0.15) is 0 Å². The minimum absolute atomic E-state index is 0.939. The molecular formula is C34H79O4P3. The fourth-order valence-corrected chi connectivity index (χ4v) is 22.1. The van der Waals surface area contributed by atoms with Gasteiger partial charge in [0.1, 0.15) is 0 Å². The molecule has 0 aliphatic rings. The third kappa shape index (κ3) is 19.9. The normalized spacial score (nSPS) is 15.7. The summed E-state index contributed by atoms with van der Waals surface area (Å²) in [7, 11) is -4.19. The first kappa shape index (κ1) is 44.1. The van der Waals surface area contributed by atoms with Crippen molar-refractivity contribution < 1.29 is 18.1 Å². The Hall–Kier alpha value is 0.970. The van der Waals surface area contributed by atoms with Crippen molar-refractivity contribution in [2.45, 2.75) is 171 Å². The van der Waals surface area contributed by atoms with Crippen LogP contribution in [0.15, 0.2) is 0 Å². The van der Waals surface area contributed by atoms with Crippen LogP contribution in [-0.2, 0) is 13.2 Å². The Morgan fingerprint density at radius 3 is 0.780 bits per heavy atom. The molecule has 41 heavy (non-hydrogen) atoms. The van der Waals surface area contributed by atoms with Crippen LogP contribution in [0, 0.1) is 0 Å². The molecule has 0 aromatic carbocycles. The number of rotatable bonds is 27. The summed E-state index contributed by atoms with van der Waals surface area (Å²) in [6.45, 7) is 16.6. The predicted octanol–water partition coefficient (Wildman–Crippen LogP) is 13.5. The van der Waals surface area contributed by atoms with E-state index in [1.165, 1.54) is 38.5 Å². The van der Waals surface area contributed by atoms with E-state index >= 15 is 0 Å². The van der Waals surface area contributed by atoms with Gasteiger partial charge in [-0.05, 0) is 0 Å². The first-order chi connectivity index (χ1) is 19.3. The van der Waals surface area contributed by atoms with Crippen LogP contribution in [0.3, 0.4) is 0 Å². The standard InChI is InChI=1S/C26H61O4P3.C8H18/c1-9-15-21-32(7,22-16-10-2,23-17-11-3)29-31(27,28)30-33(8,24-18-12-4,25-19-13-5)26-20-14-6;1-3-5-7-8-6-4-2/h9-26H2,1-8H3,(H,27,28);3-8H2,1-2H3. The number of phosphoric acid groups is 1. The second-order valence-electron chi connectivity index (χ2n) is 13.9. The van der Waals surface area contributed by atoms with Gasteiger partial charge in [-0.15, -0.1) is 0 Å². The van der Waals surface area contributed by atoms with Crippen molar-refractivity contribution in [3.63, 3.8) is 0 Å². The van der Waals surface area contributed by atoms with Crippen molar-refractivity contribution in [1.82, 2.24) is 0 Å². The van der Waals surface area contributed by atoms with Gasteiger partial charge in [0.05, 0.1) is 0 Å². The molecule has 254 valence electrons. The Kier molecular flexibility index (Phi) is 25.1. The average molecular weight is 645 g/mol. The van der Waals surface area contributed by atoms with Crippen LogP contribution in [0.25, 0.3) is 0 Å². The van der Waals surface area contributed by atoms with Crippen LogP contribution in [0.1, 0.15) is 171 Å². The third-order valence-corrected chi connectivity index (χ3v) is 24.2. The summed E-state index contributed by atoms with van der Waals surface area (Å²) in [4.78, 5) is 11.5. The quantitative estimate of drug-likeness (QED) is 0.0714. The molecule has 0 atom stereocenters. The van der Waals surface area contributed by atoms with Gasteiger partial charge in [0.2, 0.25) is 0 Å². The Labute approximate surface area is 260 Å². The van der Waals surface area contributed by atoms with Gasteiger partial charge in [0.25, 0.3) is 0 Å². The van der Waals surface area contributed by atoms with E-state index in [1.54, 1.807) is 0 Å². The average Bonchev–Trinajstić information content (AvgIpc) is 2.93. The van der Waals surface area contributed by atoms with Crippen molar-refractivity contribution in [2.24, 2.45) is 0 Å². The van der Waals surface area contributed by atoms with Gasteiger partial charge >= 0.3 is 208 Å². The van der Waals surface area contributed by atoms with Gasteiger partial charge in [-0.25, -0.2) is 0 Å². The maximum atomic E-state index is 14.0. The van der Waals surface area contributed by atoms with Crippen LogP contribution in [0.2, 0.25) is 0 Å². The molecule has 0 aromatic heterocycles. The molecule has 0 rings (SSSR count). The van der Waals surface area contributed by atoms with Crippen LogP contribution in [0.4, 0.5) is 0 Å². The summed E-state index contributed by atoms with van der Waals surface area (Å²) >= 11 is 0. The molecule has 0 heterocycles. The molecule has 0 radical (unpaired) electrons. The summed E-state index contributed by atoms with van der Waals surface area (Å²) in [6.07, 6.45) is 27.0. The SMILES string of the molecule is CCCCCCCC.CCCCP(C)(CCCC)(CCCC)OP(=O)(O)OP(C)(CCCC)(CCCC)CCCC. The van der Waals surface area contributed by atoms with Gasteiger partial charge in [-0.1, -0.05) is 52.4 Å². The summed E-state index contributed by atoms with van der Waals surface area (Å²) < 4.78 is 27.3. The molecule has 7 heteroatoms. The molecule has 0 spiro atoms. The van der Waals surface area contributed by atoms with E-state index in [2.05, 4.69) is 68.7 Å². The second-order valence-corrected chi connectivity index (χ2v) is 27.6. The fraction of sp³-hybridized carbons (Fsp3) is 1.00. The van der Waals surface area contributed by atoms with Crippen molar-refractivity contribution in [3.05, 3.63) is 0 Å². The van der Waals surface area contributed by atoms with E-state index in [9.17, 15) is 9.46 Å². The zero-order chi connectivity index (χ0) is 31.8. The summed E-state index contributed by atoms with van der Waals surface area (Å²) in [6, 6.07) is 0. The second kappa shape index (κ2) is 23.3. The Balaban J connectivity index is 0. The van der Waals surface area contributed by atoms with Gasteiger partial charge in [0, 0.05) is 0 Å². The van der Waals surface area contributed by atoms with Crippen molar-refractivity contribution >= 4 is 21.5 Å². The number of hydrogen-bond donors (Lipinski definition) is 1. The van der Waals surface area contributed by atoms with Gasteiger partial charge < -0.3 is 0 Å². The zero-order valence-electron chi connectivity index (χ0n) is 30.0. The van der Waals surface area contributed by atoms with Crippen LogP contribution in [0.5, 0.6) is 0 Å². The molecule has 0 aromatic rings. The van der Waals surface area contributed by atoms with E-state index in [4.69, 9.17) is 8.62 Å². The van der Waals surface area contributed by atoms with E-state index in [0.29, 0.717) is 0 Å². The van der Waals surface area contributed by atoms with E-state index < -0.39 is 21.5 Å². The Morgan fingerprint density at radius 2 is 0.610 bits per heavy atom. The first-order valence-electron chi connectivity index (χ1n) is 18.1. The molecule has 4 nitrogen and oxygen atoms in total. The number of hydrogen-bond acceptors (Lipinski definition) is 3. The van der Waals surface area contributed by atoms with Crippen LogP contribution < -0.4 is 0 Å². The zero-order valence-corrected chi connectivity index (χ0v) is 32.7. The summed E-state index contributed by atoms with van der Waals surface area (Å²) in [5, 5.41) is 0. The Morgan fingerprint density at radius 1 is 0.415 bits per heavy atom. The molecule has 0 unspecified atom stereocenters. The Bertz CT molecular complexity index is 569. The molecular weight excluding hydrogens is 565 g/mol. The molecule has 0 aliphatic heterocycles. The third-order valence-electron chi connectivity index (χ3n) is 9.03. The molecule has 0 saturated carbocycles. The maximum absolute atomic E-state index is 14.0. The first-order valence-corrected chi connectivity index (χ1v) is 25.9. The van der Waals surface area contributed by atoms with Crippen molar-refractivity contribution in [1.29, 1.82) is 0 Å². The van der Waals surface area contributed by atoms with E-state index in [0.717, 1.165) is 114 Å². The fourth-order valence-electron chi connectivity index (χ4n) is 6.05. The van der Waals surface area contributed by atoms with E-state index in [1.807, 2.05) is 0 Å². The van der Waals surface area contributed by atoms with Crippen LogP contribution in [-0.4, -0.2) is 55.2 Å². The number of unbranched alkanes of at least 4 members (excludes halogenated alkanes) is 11. The van der Waals surface area contributed by atoms with Crippen molar-refractivity contribution in [2.75, 3.05) is 50.3 Å². The molecule has 1 N–H and O–H groups in total. The monoisotopic (exact) mass is 645 g/mol.